The largest absolute Gasteiger partial charge is 0.387 e. The molecule has 1 aromatic rings. The monoisotopic (exact) mass is 222 g/mol. The van der Waals surface area contributed by atoms with Gasteiger partial charge in [-0.15, -0.1) is 5.10 Å². The van der Waals surface area contributed by atoms with E-state index in [0.717, 1.165) is 17.8 Å². The van der Waals surface area contributed by atoms with Gasteiger partial charge in [0.1, 0.15) is 15.5 Å². The lowest BCUT2D eigenvalue weighted by molar-refractivity contribution is 0.169. The fourth-order valence-electron chi connectivity index (χ4n) is 0.791. The zero-order chi connectivity index (χ0) is 9.90. The molecule has 1 heterocycles. The van der Waals surface area contributed by atoms with Crippen molar-refractivity contribution >= 4 is 21.4 Å². The van der Waals surface area contributed by atoms with E-state index in [1.807, 2.05) is 0 Å². The lowest BCUT2D eigenvalue weighted by Crippen LogP contribution is -2.08. The highest BCUT2D eigenvalue weighted by atomic mass is 32.2. The molecule has 1 aromatic heterocycles. The zero-order valence-corrected chi connectivity index (χ0v) is 8.68. The summed E-state index contributed by atoms with van der Waals surface area (Å²) in [6.45, 7) is 0. The van der Waals surface area contributed by atoms with Gasteiger partial charge in [0.25, 0.3) is 0 Å². The van der Waals surface area contributed by atoms with E-state index < -0.39 is 15.9 Å². The number of rotatable bonds is 4. The second-order valence-corrected chi connectivity index (χ2v) is 5.63. The summed E-state index contributed by atoms with van der Waals surface area (Å²) in [7, 11) is -3.02. The number of hydrogen-bond donors (Lipinski definition) is 1. The first kappa shape index (κ1) is 10.6. The number of aliphatic hydroxyl groups excluding tert-OH is 1. The molecule has 13 heavy (non-hydrogen) atoms. The first-order chi connectivity index (χ1) is 5.99. The average molecular weight is 222 g/mol. The van der Waals surface area contributed by atoms with Gasteiger partial charge < -0.3 is 5.11 Å². The van der Waals surface area contributed by atoms with Gasteiger partial charge in [0.2, 0.25) is 0 Å². The van der Waals surface area contributed by atoms with Crippen LogP contribution in [0.25, 0.3) is 0 Å². The Labute approximate surface area is 80.5 Å². The molecule has 1 unspecified atom stereocenters. The molecular formula is C6H10N2O3S2. The lowest BCUT2D eigenvalue weighted by Gasteiger charge is -2.04. The third-order valence-corrected chi connectivity index (χ3v) is 2.98. The molecule has 74 valence electrons. The van der Waals surface area contributed by atoms with Gasteiger partial charge in [-0.3, -0.25) is 0 Å². The molecule has 0 aliphatic carbocycles. The van der Waals surface area contributed by atoms with Crippen LogP contribution in [0.1, 0.15) is 18.2 Å². The SMILES string of the molecule is CS(=O)(=O)CCC(O)c1csnn1. The number of nitrogens with zero attached hydrogens (tertiary/aromatic N) is 2. The van der Waals surface area contributed by atoms with Crippen molar-refractivity contribution in [2.75, 3.05) is 12.0 Å². The van der Waals surface area contributed by atoms with Gasteiger partial charge in [0.05, 0.1) is 11.9 Å². The highest BCUT2D eigenvalue weighted by Gasteiger charge is 2.13. The van der Waals surface area contributed by atoms with Gasteiger partial charge in [0, 0.05) is 11.6 Å². The van der Waals surface area contributed by atoms with Crippen molar-refractivity contribution < 1.29 is 13.5 Å². The summed E-state index contributed by atoms with van der Waals surface area (Å²) in [5.74, 6) is -0.0360. The highest BCUT2D eigenvalue weighted by molar-refractivity contribution is 7.90. The summed E-state index contributed by atoms with van der Waals surface area (Å²) in [6.07, 6.45) is 0.483. The van der Waals surface area contributed by atoms with Crippen LogP contribution in [0.15, 0.2) is 5.38 Å². The van der Waals surface area contributed by atoms with Gasteiger partial charge in [-0.1, -0.05) is 4.49 Å². The van der Waals surface area contributed by atoms with Crippen LogP contribution in [0.2, 0.25) is 0 Å². The fourth-order valence-corrected chi connectivity index (χ4v) is 1.94. The van der Waals surface area contributed by atoms with Crippen LogP contribution in [0, 0.1) is 0 Å². The number of sulfone groups is 1. The number of aromatic nitrogens is 2. The van der Waals surface area contributed by atoms with Crippen molar-refractivity contribution in [1.29, 1.82) is 0 Å². The predicted octanol–water partition coefficient (Wildman–Crippen LogP) is 0.00620. The van der Waals surface area contributed by atoms with Crippen LogP contribution in [0.3, 0.4) is 0 Å². The van der Waals surface area contributed by atoms with E-state index >= 15 is 0 Å². The molecule has 0 amide bonds. The molecular weight excluding hydrogens is 212 g/mol. The fraction of sp³-hybridized carbons (Fsp3) is 0.667. The third kappa shape index (κ3) is 3.79. The molecule has 1 atom stereocenters. The van der Waals surface area contributed by atoms with Gasteiger partial charge in [-0.2, -0.15) is 0 Å². The molecule has 0 radical (unpaired) electrons. The molecule has 0 fully saturated rings. The Hall–Kier alpha value is -0.530. The minimum Gasteiger partial charge on any atom is -0.387 e. The molecule has 0 aliphatic rings. The third-order valence-electron chi connectivity index (χ3n) is 1.48. The standard InChI is InChI=1S/C6H10N2O3S2/c1-13(10,11)3-2-6(9)5-4-12-8-7-5/h4,6,9H,2-3H2,1H3. The Morgan fingerprint density at radius 2 is 2.38 bits per heavy atom. The van der Waals surface area contributed by atoms with E-state index in [0.29, 0.717) is 5.69 Å². The zero-order valence-electron chi connectivity index (χ0n) is 7.04. The first-order valence-electron chi connectivity index (χ1n) is 3.62. The Morgan fingerprint density at radius 3 is 2.85 bits per heavy atom. The number of aliphatic hydroxyl groups is 1. The van der Waals surface area contributed by atoms with Crippen molar-refractivity contribution in [3.8, 4) is 0 Å². The molecule has 7 heteroatoms. The maximum atomic E-state index is 10.8. The van der Waals surface area contributed by atoms with Gasteiger partial charge in [0.15, 0.2) is 0 Å². The topological polar surface area (TPSA) is 80.2 Å². The van der Waals surface area contributed by atoms with Crippen LogP contribution in [-0.2, 0) is 9.84 Å². The van der Waals surface area contributed by atoms with Gasteiger partial charge >= 0.3 is 0 Å². The lowest BCUT2D eigenvalue weighted by atomic mass is 10.2. The van der Waals surface area contributed by atoms with Crippen LogP contribution in [0.5, 0.6) is 0 Å². The molecule has 5 nitrogen and oxygen atoms in total. The summed E-state index contributed by atoms with van der Waals surface area (Å²) >= 11 is 1.13. The maximum Gasteiger partial charge on any atom is 0.147 e. The van der Waals surface area contributed by atoms with Crippen LogP contribution >= 0.6 is 11.5 Å². The Morgan fingerprint density at radius 1 is 1.69 bits per heavy atom. The van der Waals surface area contributed by atoms with Crippen molar-refractivity contribution in [2.24, 2.45) is 0 Å². The quantitative estimate of drug-likeness (QED) is 0.776. The van der Waals surface area contributed by atoms with E-state index in [4.69, 9.17) is 0 Å². The predicted molar refractivity (Wildman–Crippen MR) is 49.2 cm³/mol. The first-order valence-corrected chi connectivity index (χ1v) is 6.51. The number of hydrogen-bond acceptors (Lipinski definition) is 6. The van der Waals surface area contributed by atoms with Crippen molar-refractivity contribution in [2.45, 2.75) is 12.5 Å². The molecule has 0 aliphatic heterocycles. The second-order valence-electron chi connectivity index (χ2n) is 2.76. The Bertz CT molecular complexity index is 346. The van der Waals surface area contributed by atoms with Crippen molar-refractivity contribution in [3.63, 3.8) is 0 Å². The molecule has 1 N–H and O–H groups in total. The molecule has 0 aromatic carbocycles. The molecule has 0 saturated heterocycles. The summed E-state index contributed by atoms with van der Waals surface area (Å²) in [5, 5.41) is 14.7. The van der Waals surface area contributed by atoms with Crippen LogP contribution < -0.4 is 0 Å². The van der Waals surface area contributed by atoms with E-state index in [-0.39, 0.29) is 12.2 Å². The van der Waals surface area contributed by atoms with Crippen LogP contribution in [-0.4, -0.2) is 35.1 Å². The van der Waals surface area contributed by atoms with Gasteiger partial charge in [-0.25, -0.2) is 8.42 Å². The Balaban J connectivity index is 2.48. The minimum absolute atomic E-state index is 0.0360. The molecule has 1 rings (SSSR count). The summed E-state index contributed by atoms with van der Waals surface area (Å²) in [5.41, 5.74) is 0.439. The van der Waals surface area contributed by atoms with Crippen molar-refractivity contribution in [1.82, 2.24) is 9.59 Å². The minimum atomic E-state index is -3.02. The molecule has 0 spiro atoms. The molecule has 0 saturated carbocycles. The summed E-state index contributed by atoms with van der Waals surface area (Å²) in [4.78, 5) is 0. The average Bonchev–Trinajstić information content (AvgIpc) is 2.50. The van der Waals surface area contributed by atoms with Crippen LogP contribution in [0.4, 0.5) is 0 Å². The van der Waals surface area contributed by atoms with E-state index in [9.17, 15) is 13.5 Å². The summed E-state index contributed by atoms with van der Waals surface area (Å²) in [6, 6.07) is 0. The van der Waals surface area contributed by atoms with E-state index in [1.54, 1.807) is 5.38 Å². The smallest absolute Gasteiger partial charge is 0.147 e. The van der Waals surface area contributed by atoms with E-state index in [2.05, 4.69) is 9.59 Å². The Kier molecular flexibility index (Phi) is 3.34. The van der Waals surface area contributed by atoms with E-state index in [1.165, 1.54) is 0 Å². The second kappa shape index (κ2) is 4.12. The van der Waals surface area contributed by atoms with Crippen molar-refractivity contribution in [3.05, 3.63) is 11.1 Å². The molecule has 0 bridgehead atoms. The maximum absolute atomic E-state index is 10.8. The van der Waals surface area contributed by atoms with Gasteiger partial charge in [-0.05, 0) is 18.0 Å². The highest BCUT2D eigenvalue weighted by Crippen LogP contribution is 2.15. The normalized spacial score (nSPS) is 14.3. The summed E-state index contributed by atoms with van der Waals surface area (Å²) < 4.78 is 25.1.